The highest BCUT2D eigenvalue weighted by Gasteiger charge is 2.10. The van der Waals surface area contributed by atoms with Crippen LogP contribution in [0, 0.1) is 0 Å². The van der Waals surface area contributed by atoms with Gasteiger partial charge in [-0.05, 0) is 20.8 Å². The highest BCUT2D eigenvalue weighted by Crippen LogP contribution is 1.97. The van der Waals surface area contributed by atoms with Gasteiger partial charge in [0.05, 0.1) is 0 Å². The van der Waals surface area contributed by atoms with Crippen LogP contribution in [0.5, 0.6) is 0 Å². The maximum Gasteiger partial charge on any atom is 0.252 e. The Bertz CT molecular complexity index is 170. The fraction of sp³-hybridized carbons (Fsp3) is 0.500. The average Bonchev–Trinajstić information content (AvgIpc) is 1.59. The summed E-state index contributed by atoms with van der Waals surface area (Å²) < 4.78 is 0. The van der Waals surface area contributed by atoms with Crippen molar-refractivity contribution in [3.8, 4) is 0 Å². The molecule has 0 aromatic carbocycles. The summed E-state index contributed by atoms with van der Waals surface area (Å²) in [6.45, 7) is 9.04. The lowest BCUT2D eigenvalue weighted by Gasteiger charge is -2.18. The van der Waals surface area contributed by atoms with E-state index in [2.05, 4.69) is 17.6 Å². The van der Waals surface area contributed by atoms with Gasteiger partial charge in [0.15, 0.2) is 0 Å². The van der Waals surface area contributed by atoms with E-state index in [1.54, 1.807) is 0 Å². The summed E-state index contributed by atoms with van der Waals surface area (Å²) in [6.07, 6.45) is 1.28. The molecule has 0 aliphatic heterocycles. The molecule has 0 rings (SSSR count). The molecule has 0 aromatic heterocycles. The first-order valence-electron chi connectivity index (χ1n) is 3.14. The third-order valence-electron chi connectivity index (χ3n) is 0.731. The zero-order valence-electron chi connectivity index (χ0n) is 6.69. The predicted molar refractivity (Wildman–Crippen MR) is 41.6 cm³/mol. The molecule has 0 spiro atoms. The monoisotopic (exact) mass is 139 g/mol. The van der Waals surface area contributed by atoms with E-state index in [9.17, 15) is 4.79 Å². The van der Waals surface area contributed by atoms with E-state index in [1.165, 1.54) is 6.08 Å². The second-order valence-corrected chi connectivity index (χ2v) is 3.09. The molecule has 0 aromatic rings. The van der Waals surface area contributed by atoms with Crippen LogP contribution in [0.15, 0.2) is 18.4 Å². The van der Waals surface area contributed by atoms with Gasteiger partial charge in [-0.3, -0.25) is 4.79 Å². The Labute approximate surface area is 61.6 Å². The van der Waals surface area contributed by atoms with E-state index in [1.807, 2.05) is 20.8 Å². The molecular weight excluding hydrogens is 126 g/mol. The van der Waals surface area contributed by atoms with Crippen LogP contribution in [0.2, 0.25) is 0 Å². The van der Waals surface area contributed by atoms with Gasteiger partial charge >= 0.3 is 0 Å². The molecule has 0 aliphatic rings. The maximum atomic E-state index is 10.8. The second-order valence-electron chi connectivity index (χ2n) is 3.09. The molecule has 0 heterocycles. The number of hydrogen-bond acceptors (Lipinski definition) is 1. The summed E-state index contributed by atoms with van der Waals surface area (Å²) in [7, 11) is 0. The van der Waals surface area contributed by atoms with E-state index >= 15 is 0 Å². The lowest BCUT2D eigenvalue weighted by molar-refractivity contribution is -0.117. The zero-order chi connectivity index (χ0) is 8.20. The van der Waals surface area contributed by atoms with Gasteiger partial charge in [0.25, 0.3) is 5.91 Å². The van der Waals surface area contributed by atoms with Gasteiger partial charge in [0.2, 0.25) is 0 Å². The largest absolute Gasteiger partial charge is 0.347 e. The normalized spacial score (nSPS) is 9.90. The lowest BCUT2D eigenvalue weighted by atomic mass is 10.1. The maximum absolute atomic E-state index is 10.8. The molecule has 1 amide bonds. The van der Waals surface area contributed by atoms with Crippen molar-refractivity contribution in [1.82, 2.24) is 5.32 Å². The zero-order valence-corrected chi connectivity index (χ0v) is 6.69. The third kappa shape index (κ3) is 5.13. The van der Waals surface area contributed by atoms with Crippen LogP contribution in [-0.4, -0.2) is 11.4 Å². The first-order valence-corrected chi connectivity index (χ1v) is 3.14. The first-order chi connectivity index (χ1) is 4.45. The van der Waals surface area contributed by atoms with Crippen molar-refractivity contribution in [2.75, 3.05) is 0 Å². The first kappa shape index (κ1) is 8.99. The van der Waals surface area contributed by atoms with Crippen LogP contribution in [0.4, 0.5) is 0 Å². The Hall–Kier alpha value is -1.01. The number of carbonyl (C=O) groups excluding carboxylic acids is 1. The summed E-state index contributed by atoms with van der Waals surface area (Å²) in [5, 5.41) is 2.72. The number of carbonyl (C=O) groups is 1. The van der Waals surface area contributed by atoms with Crippen molar-refractivity contribution >= 4 is 5.91 Å². The van der Waals surface area contributed by atoms with Crippen molar-refractivity contribution in [2.24, 2.45) is 0 Å². The molecule has 0 saturated carbocycles. The van der Waals surface area contributed by atoms with Gasteiger partial charge in [0.1, 0.15) is 0 Å². The fourth-order valence-electron chi connectivity index (χ4n) is 0.498. The fourth-order valence-corrected chi connectivity index (χ4v) is 0.498. The van der Waals surface area contributed by atoms with E-state index < -0.39 is 0 Å². The Morgan fingerprint density at radius 1 is 1.60 bits per heavy atom. The van der Waals surface area contributed by atoms with Crippen molar-refractivity contribution in [2.45, 2.75) is 26.3 Å². The Morgan fingerprint density at radius 3 is 2.40 bits per heavy atom. The average molecular weight is 139 g/mol. The van der Waals surface area contributed by atoms with E-state index in [4.69, 9.17) is 0 Å². The van der Waals surface area contributed by atoms with Gasteiger partial charge < -0.3 is 5.32 Å². The van der Waals surface area contributed by atoms with Crippen molar-refractivity contribution in [1.29, 1.82) is 0 Å². The van der Waals surface area contributed by atoms with Crippen molar-refractivity contribution < 1.29 is 4.79 Å². The van der Waals surface area contributed by atoms with E-state index in [0.717, 1.165) is 0 Å². The molecule has 2 nitrogen and oxygen atoms in total. The van der Waals surface area contributed by atoms with Gasteiger partial charge in [0, 0.05) is 11.6 Å². The molecule has 0 atom stereocenters. The van der Waals surface area contributed by atoms with Crippen molar-refractivity contribution in [3.63, 3.8) is 0 Å². The molecule has 0 bridgehead atoms. The predicted octanol–water partition coefficient (Wildman–Crippen LogP) is 1.24. The number of hydrogen-bond donors (Lipinski definition) is 1. The minimum absolute atomic E-state index is 0.150. The van der Waals surface area contributed by atoms with Crippen molar-refractivity contribution in [3.05, 3.63) is 18.4 Å². The SMILES string of the molecule is C=C=CC(=O)NC(C)(C)C. The molecule has 0 fully saturated rings. The summed E-state index contributed by atoms with van der Waals surface area (Å²) >= 11 is 0. The Morgan fingerprint density at radius 2 is 2.10 bits per heavy atom. The second kappa shape index (κ2) is 3.23. The molecule has 2 heteroatoms. The number of nitrogens with one attached hydrogen (secondary N) is 1. The van der Waals surface area contributed by atoms with Crippen LogP contribution in [0.25, 0.3) is 0 Å². The molecule has 0 unspecified atom stereocenters. The number of amides is 1. The minimum atomic E-state index is -0.176. The highest BCUT2D eigenvalue weighted by atomic mass is 16.1. The topological polar surface area (TPSA) is 29.1 Å². The lowest BCUT2D eigenvalue weighted by Crippen LogP contribution is -2.39. The van der Waals surface area contributed by atoms with Crippen LogP contribution >= 0.6 is 0 Å². The third-order valence-corrected chi connectivity index (χ3v) is 0.731. The summed E-state index contributed by atoms with van der Waals surface area (Å²) in [4.78, 5) is 10.8. The van der Waals surface area contributed by atoms with Gasteiger partial charge in [-0.2, -0.15) is 0 Å². The molecule has 56 valence electrons. The molecule has 10 heavy (non-hydrogen) atoms. The van der Waals surface area contributed by atoms with E-state index in [-0.39, 0.29) is 11.4 Å². The molecule has 0 saturated heterocycles. The van der Waals surface area contributed by atoms with Gasteiger partial charge in [-0.1, -0.05) is 6.58 Å². The summed E-state index contributed by atoms with van der Waals surface area (Å²) in [5.41, 5.74) is 2.23. The van der Waals surface area contributed by atoms with Gasteiger partial charge in [-0.15, -0.1) is 5.73 Å². The quantitative estimate of drug-likeness (QED) is 0.430. The minimum Gasteiger partial charge on any atom is -0.347 e. The molecule has 1 N–H and O–H groups in total. The highest BCUT2D eigenvalue weighted by molar-refractivity contribution is 5.87. The Balaban J connectivity index is 3.92. The smallest absolute Gasteiger partial charge is 0.252 e. The molecular formula is C8H13NO. The van der Waals surface area contributed by atoms with Crippen LogP contribution < -0.4 is 5.32 Å². The molecule has 0 aliphatic carbocycles. The van der Waals surface area contributed by atoms with Crippen LogP contribution in [0.1, 0.15) is 20.8 Å². The summed E-state index contributed by atoms with van der Waals surface area (Å²) in [6, 6.07) is 0. The standard InChI is InChI=1S/C8H13NO/c1-5-6-7(10)9-8(2,3)4/h6H,1H2,2-4H3,(H,9,10). The summed E-state index contributed by atoms with van der Waals surface area (Å²) in [5.74, 6) is -0.150. The van der Waals surface area contributed by atoms with E-state index in [0.29, 0.717) is 0 Å². The Kier molecular flexibility index (Phi) is 2.91. The van der Waals surface area contributed by atoms with Crippen LogP contribution in [-0.2, 0) is 4.79 Å². The van der Waals surface area contributed by atoms with Crippen LogP contribution in [0.3, 0.4) is 0 Å². The number of rotatable bonds is 1. The van der Waals surface area contributed by atoms with Gasteiger partial charge in [-0.25, -0.2) is 0 Å². The molecule has 0 radical (unpaired) electrons.